The second-order valence-electron chi connectivity index (χ2n) is 10.1. The first-order chi connectivity index (χ1) is 15.7. The molecule has 8 nitrogen and oxygen atoms in total. The summed E-state index contributed by atoms with van der Waals surface area (Å²) in [5, 5.41) is 13.3. The Morgan fingerprint density at radius 2 is 2.09 bits per heavy atom. The quantitative estimate of drug-likeness (QED) is 0.601. The predicted molar refractivity (Wildman–Crippen MR) is 133 cm³/mol. The molecule has 4 heterocycles. The highest BCUT2D eigenvalue weighted by atomic mass is 16.5. The van der Waals surface area contributed by atoms with Crippen LogP contribution in [0.4, 0.5) is 0 Å². The van der Waals surface area contributed by atoms with Gasteiger partial charge in [0.15, 0.2) is 0 Å². The summed E-state index contributed by atoms with van der Waals surface area (Å²) in [4.78, 5) is 11.7. The van der Waals surface area contributed by atoms with E-state index < -0.39 is 0 Å². The molecular formula is C26H37N5O3. The zero-order valence-electron chi connectivity index (χ0n) is 20.1. The van der Waals surface area contributed by atoms with Crippen molar-refractivity contribution in [3.8, 4) is 16.9 Å². The molecule has 8 heteroatoms. The first-order valence-electron chi connectivity index (χ1n) is 11.8. The van der Waals surface area contributed by atoms with E-state index in [0.29, 0.717) is 19.0 Å². The zero-order chi connectivity index (χ0) is 23.3. The average Bonchev–Trinajstić information content (AvgIpc) is 3.47. The predicted octanol–water partition coefficient (Wildman–Crippen LogP) is 4.41. The van der Waals surface area contributed by atoms with E-state index in [2.05, 4.69) is 49.1 Å². The molecule has 184 valence electrons. The van der Waals surface area contributed by atoms with Crippen molar-refractivity contribution in [2.75, 3.05) is 13.2 Å². The first kappa shape index (κ1) is 24.3. The van der Waals surface area contributed by atoms with Gasteiger partial charge in [0.1, 0.15) is 11.9 Å². The number of hydrogen-bond donors (Lipinski definition) is 1. The summed E-state index contributed by atoms with van der Waals surface area (Å²) in [5.74, 6) is 1.06. The highest BCUT2D eigenvalue weighted by molar-refractivity contribution is 5.92. The van der Waals surface area contributed by atoms with Crippen molar-refractivity contribution in [1.29, 1.82) is 0 Å². The Morgan fingerprint density at radius 3 is 2.79 bits per heavy atom. The van der Waals surface area contributed by atoms with Crippen LogP contribution >= 0.6 is 0 Å². The SMILES string of the molecule is C.Cc1c2c(O[C@H](C)[C@H]3CNC(=O)C3)cc(-c3cnn([C@@H]4CCOC(C)(C)C4)c3)cc2nn1C. The molecular weight excluding hydrogens is 430 g/mol. The lowest BCUT2D eigenvalue weighted by Gasteiger charge is -2.35. The van der Waals surface area contributed by atoms with E-state index in [1.165, 1.54) is 0 Å². The molecule has 0 saturated carbocycles. The Hall–Kier alpha value is -2.87. The van der Waals surface area contributed by atoms with Crippen LogP contribution in [0.5, 0.6) is 5.75 Å². The van der Waals surface area contributed by atoms with Crippen LogP contribution in [0.25, 0.3) is 22.0 Å². The summed E-state index contributed by atoms with van der Waals surface area (Å²) < 4.78 is 16.3. The van der Waals surface area contributed by atoms with Crippen LogP contribution in [0, 0.1) is 12.8 Å². The third-order valence-corrected chi connectivity index (χ3v) is 7.15. The van der Waals surface area contributed by atoms with E-state index >= 15 is 0 Å². The number of amides is 1. The summed E-state index contributed by atoms with van der Waals surface area (Å²) >= 11 is 0. The van der Waals surface area contributed by atoms with Gasteiger partial charge < -0.3 is 14.8 Å². The maximum absolute atomic E-state index is 11.7. The van der Waals surface area contributed by atoms with Crippen LogP contribution in [0.3, 0.4) is 0 Å². The van der Waals surface area contributed by atoms with E-state index in [9.17, 15) is 4.79 Å². The number of aryl methyl sites for hydroxylation is 2. The second-order valence-corrected chi connectivity index (χ2v) is 10.1. The average molecular weight is 468 g/mol. The van der Waals surface area contributed by atoms with Gasteiger partial charge in [0.2, 0.25) is 5.91 Å². The highest BCUT2D eigenvalue weighted by Gasteiger charge is 2.31. The van der Waals surface area contributed by atoms with Crippen LogP contribution in [0.2, 0.25) is 0 Å². The number of carbonyl (C=O) groups excluding carboxylic acids is 1. The van der Waals surface area contributed by atoms with Gasteiger partial charge in [-0.2, -0.15) is 10.2 Å². The maximum atomic E-state index is 11.7. The number of carbonyl (C=O) groups is 1. The van der Waals surface area contributed by atoms with Gasteiger partial charge in [-0.15, -0.1) is 0 Å². The van der Waals surface area contributed by atoms with Gasteiger partial charge in [-0.1, -0.05) is 7.43 Å². The lowest BCUT2D eigenvalue weighted by molar-refractivity contribution is -0.119. The summed E-state index contributed by atoms with van der Waals surface area (Å²) in [6, 6.07) is 4.52. The van der Waals surface area contributed by atoms with Crippen LogP contribution in [-0.4, -0.2) is 50.3 Å². The van der Waals surface area contributed by atoms with E-state index in [1.54, 1.807) is 0 Å². The van der Waals surface area contributed by atoms with Crippen molar-refractivity contribution < 1.29 is 14.3 Å². The molecule has 3 aromatic rings. The van der Waals surface area contributed by atoms with Gasteiger partial charge in [0.25, 0.3) is 0 Å². The molecule has 3 atom stereocenters. The lowest BCUT2D eigenvalue weighted by atomic mass is 9.94. The van der Waals surface area contributed by atoms with Crippen LogP contribution < -0.4 is 10.1 Å². The van der Waals surface area contributed by atoms with E-state index in [4.69, 9.17) is 19.7 Å². The Balaban J connectivity index is 0.00000274. The highest BCUT2D eigenvalue weighted by Crippen LogP contribution is 2.37. The standard InChI is InChI=1S/C25H33N5O3.CH4/c1-15-24-21(28-29(15)5)8-17(9-22(24)33-16(2)18-10-23(31)26-12-18)19-13-27-30(14-19)20-6-7-32-25(3,4)11-20;/h8-9,13-14,16,18,20H,6-7,10-12H2,1-5H3,(H,26,31);1H4/t16-,18-,20-;/m1./s1. The molecule has 2 fully saturated rings. The summed E-state index contributed by atoms with van der Waals surface area (Å²) in [6.07, 6.45) is 6.36. The molecule has 1 amide bonds. The number of benzene rings is 1. The normalized spacial score (nSPS) is 22.9. The van der Waals surface area contributed by atoms with Crippen molar-refractivity contribution in [3.05, 3.63) is 30.2 Å². The van der Waals surface area contributed by atoms with Gasteiger partial charge in [0.05, 0.1) is 28.7 Å². The minimum Gasteiger partial charge on any atom is -0.490 e. The maximum Gasteiger partial charge on any atom is 0.220 e. The van der Waals surface area contributed by atoms with Crippen molar-refractivity contribution in [2.45, 2.75) is 72.1 Å². The molecule has 0 spiro atoms. The van der Waals surface area contributed by atoms with Gasteiger partial charge >= 0.3 is 0 Å². The fourth-order valence-electron chi connectivity index (χ4n) is 5.07. The van der Waals surface area contributed by atoms with Crippen LogP contribution in [0.1, 0.15) is 59.2 Å². The van der Waals surface area contributed by atoms with Crippen LogP contribution in [0.15, 0.2) is 24.5 Å². The van der Waals surface area contributed by atoms with E-state index in [-0.39, 0.29) is 31.0 Å². The first-order valence-corrected chi connectivity index (χ1v) is 11.8. The smallest absolute Gasteiger partial charge is 0.220 e. The Morgan fingerprint density at radius 1 is 1.29 bits per heavy atom. The summed E-state index contributed by atoms with van der Waals surface area (Å²) in [5.41, 5.74) is 3.89. The fraction of sp³-hybridized carbons (Fsp3) is 0.577. The Labute approximate surface area is 201 Å². The molecule has 0 bridgehead atoms. The molecule has 1 N–H and O–H groups in total. The number of hydrogen-bond acceptors (Lipinski definition) is 5. The van der Waals surface area contributed by atoms with Gasteiger partial charge in [-0.25, -0.2) is 0 Å². The fourth-order valence-corrected chi connectivity index (χ4v) is 5.07. The molecule has 0 unspecified atom stereocenters. The Kier molecular flexibility index (Phi) is 6.46. The molecule has 2 aliphatic rings. The van der Waals surface area contributed by atoms with E-state index in [0.717, 1.165) is 52.9 Å². The van der Waals surface area contributed by atoms with Crippen molar-refractivity contribution in [2.24, 2.45) is 13.0 Å². The van der Waals surface area contributed by atoms with Crippen molar-refractivity contribution >= 4 is 16.8 Å². The Bertz CT molecular complexity index is 1190. The molecule has 5 rings (SSSR count). The molecule has 34 heavy (non-hydrogen) atoms. The van der Waals surface area contributed by atoms with E-state index in [1.807, 2.05) is 24.9 Å². The molecule has 2 aliphatic heterocycles. The minimum atomic E-state index is -0.132. The third-order valence-electron chi connectivity index (χ3n) is 7.15. The third kappa shape index (κ3) is 4.56. The number of fused-ring (bicyclic) bond motifs is 1. The largest absolute Gasteiger partial charge is 0.490 e. The topological polar surface area (TPSA) is 83.2 Å². The van der Waals surface area contributed by atoms with Crippen molar-refractivity contribution in [3.63, 3.8) is 0 Å². The number of nitrogens with zero attached hydrogens (tertiary/aromatic N) is 4. The van der Waals surface area contributed by atoms with Gasteiger partial charge in [-0.05, 0) is 58.2 Å². The monoisotopic (exact) mass is 467 g/mol. The number of rotatable bonds is 5. The molecule has 2 aromatic heterocycles. The van der Waals surface area contributed by atoms with Gasteiger partial charge in [-0.3, -0.25) is 14.2 Å². The number of nitrogens with one attached hydrogen (secondary N) is 1. The van der Waals surface area contributed by atoms with Gasteiger partial charge in [0, 0.05) is 50.0 Å². The lowest BCUT2D eigenvalue weighted by Crippen LogP contribution is -2.35. The summed E-state index contributed by atoms with van der Waals surface area (Å²) in [7, 11) is 1.95. The number of ether oxygens (including phenoxy) is 2. The number of aromatic nitrogens is 4. The minimum absolute atomic E-state index is 0. The molecule has 1 aromatic carbocycles. The molecule has 2 saturated heterocycles. The zero-order valence-corrected chi connectivity index (χ0v) is 20.1. The second kappa shape index (κ2) is 9.06. The van der Waals surface area contributed by atoms with Crippen molar-refractivity contribution in [1.82, 2.24) is 24.9 Å². The molecule has 0 radical (unpaired) electrons. The van der Waals surface area contributed by atoms with Crippen LogP contribution in [-0.2, 0) is 16.6 Å². The summed E-state index contributed by atoms with van der Waals surface area (Å²) in [6.45, 7) is 9.78. The molecule has 0 aliphatic carbocycles.